The molecule has 0 radical (unpaired) electrons. The first-order valence-corrected chi connectivity index (χ1v) is 9.03. The SMILES string of the molecule is CC(C)C(CNC(=O)C1(c2ccc(Cl)cc2)CCOCC1)N(C)C. The first-order chi connectivity index (χ1) is 11.4. The minimum Gasteiger partial charge on any atom is -0.381 e. The molecule has 1 N–H and O–H groups in total. The van der Waals surface area contributed by atoms with E-state index in [0.717, 1.165) is 5.56 Å². The predicted octanol–water partition coefficient (Wildman–Crippen LogP) is 3.09. The van der Waals surface area contributed by atoms with Gasteiger partial charge in [0, 0.05) is 30.8 Å². The van der Waals surface area contributed by atoms with Crippen molar-refractivity contribution in [3.8, 4) is 0 Å². The van der Waals surface area contributed by atoms with E-state index in [-0.39, 0.29) is 5.91 Å². The lowest BCUT2D eigenvalue weighted by atomic mass is 9.73. The number of benzene rings is 1. The fourth-order valence-corrected chi connectivity index (χ4v) is 3.64. The Bertz CT molecular complexity index is 529. The van der Waals surface area contributed by atoms with Gasteiger partial charge in [-0.05, 0) is 50.6 Å². The smallest absolute Gasteiger partial charge is 0.230 e. The molecule has 134 valence electrons. The average Bonchev–Trinajstić information content (AvgIpc) is 2.55. The van der Waals surface area contributed by atoms with Gasteiger partial charge in [0.25, 0.3) is 0 Å². The molecule has 24 heavy (non-hydrogen) atoms. The maximum absolute atomic E-state index is 13.1. The normalized spacial score (nSPS) is 18.6. The van der Waals surface area contributed by atoms with Crippen LogP contribution in [0.3, 0.4) is 0 Å². The van der Waals surface area contributed by atoms with Gasteiger partial charge in [0.05, 0.1) is 5.41 Å². The largest absolute Gasteiger partial charge is 0.381 e. The minimum atomic E-state index is -0.517. The van der Waals surface area contributed by atoms with Gasteiger partial charge in [-0.2, -0.15) is 0 Å². The van der Waals surface area contributed by atoms with Crippen LogP contribution in [0.5, 0.6) is 0 Å². The molecule has 0 saturated carbocycles. The number of rotatable bonds is 6. The molecule has 0 aromatic heterocycles. The molecule has 1 aliphatic heterocycles. The summed E-state index contributed by atoms with van der Waals surface area (Å²) in [5.74, 6) is 0.571. The molecular formula is C19H29ClN2O2. The first kappa shape index (κ1) is 19.2. The number of likely N-dealkylation sites (N-methyl/N-ethyl adjacent to an activating group) is 1. The molecule has 2 rings (SSSR count). The summed E-state index contributed by atoms with van der Waals surface area (Å²) >= 11 is 6.02. The Morgan fingerprint density at radius 2 is 1.83 bits per heavy atom. The molecule has 1 fully saturated rings. The van der Waals surface area contributed by atoms with E-state index >= 15 is 0 Å². The molecule has 5 heteroatoms. The van der Waals surface area contributed by atoms with Crippen LogP contribution in [0.2, 0.25) is 5.02 Å². The molecule has 1 atom stereocenters. The van der Waals surface area contributed by atoms with Gasteiger partial charge in [-0.15, -0.1) is 0 Å². The highest BCUT2D eigenvalue weighted by atomic mass is 35.5. The summed E-state index contributed by atoms with van der Waals surface area (Å²) in [5, 5.41) is 3.89. The molecule has 0 aliphatic carbocycles. The van der Waals surface area contributed by atoms with Crippen molar-refractivity contribution in [1.29, 1.82) is 0 Å². The summed E-state index contributed by atoms with van der Waals surface area (Å²) in [6.07, 6.45) is 1.41. The Balaban J connectivity index is 2.18. The van der Waals surface area contributed by atoms with Crippen LogP contribution in [0.4, 0.5) is 0 Å². The van der Waals surface area contributed by atoms with E-state index in [0.29, 0.717) is 49.6 Å². The summed E-state index contributed by atoms with van der Waals surface area (Å²) in [5.41, 5.74) is 0.509. The van der Waals surface area contributed by atoms with Crippen LogP contribution in [0.15, 0.2) is 24.3 Å². The number of carbonyl (C=O) groups is 1. The minimum absolute atomic E-state index is 0.0978. The van der Waals surface area contributed by atoms with Gasteiger partial charge < -0.3 is 15.0 Å². The van der Waals surface area contributed by atoms with E-state index in [1.807, 2.05) is 24.3 Å². The number of halogens is 1. The second-order valence-electron chi connectivity index (χ2n) is 7.19. The van der Waals surface area contributed by atoms with Crippen LogP contribution in [0.25, 0.3) is 0 Å². The third-order valence-electron chi connectivity index (χ3n) is 5.08. The number of carbonyl (C=O) groups excluding carboxylic acids is 1. The van der Waals surface area contributed by atoms with Crippen molar-refractivity contribution in [2.75, 3.05) is 33.9 Å². The Hall–Kier alpha value is -1.10. The lowest BCUT2D eigenvalue weighted by Crippen LogP contribution is -2.52. The zero-order chi connectivity index (χ0) is 17.7. The Morgan fingerprint density at radius 3 is 2.33 bits per heavy atom. The van der Waals surface area contributed by atoms with E-state index in [1.165, 1.54) is 0 Å². The monoisotopic (exact) mass is 352 g/mol. The van der Waals surface area contributed by atoms with Crippen LogP contribution < -0.4 is 5.32 Å². The van der Waals surface area contributed by atoms with Crippen LogP contribution in [-0.4, -0.2) is 50.7 Å². The van der Waals surface area contributed by atoms with Crippen molar-refractivity contribution >= 4 is 17.5 Å². The van der Waals surface area contributed by atoms with Gasteiger partial charge >= 0.3 is 0 Å². The molecule has 1 saturated heterocycles. The highest BCUT2D eigenvalue weighted by Crippen LogP contribution is 2.35. The van der Waals surface area contributed by atoms with Crippen molar-refractivity contribution in [3.05, 3.63) is 34.9 Å². The Labute approximate surface area is 150 Å². The van der Waals surface area contributed by atoms with Crippen molar-refractivity contribution in [1.82, 2.24) is 10.2 Å². The van der Waals surface area contributed by atoms with Crippen molar-refractivity contribution in [2.45, 2.75) is 38.1 Å². The van der Waals surface area contributed by atoms with Crippen LogP contribution in [-0.2, 0) is 14.9 Å². The number of amides is 1. The Kier molecular flexibility index (Phi) is 6.67. The number of hydrogen-bond acceptors (Lipinski definition) is 3. The van der Waals surface area contributed by atoms with E-state index < -0.39 is 5.41 Å². The summed E-state index contributed by atoms with van der Waals surface area (Å²) in [6, 6.07) is 7.98. The van der Waals surface area contributed by atoms with Crippen LogP contribution in [0, 0.1) is 5.92 Å². The van der Waals surface area contributed by atoms with Gasteiger partial charge in [0.2, 0.25) is 5.91 Å². The van der Waals surface area contributed by atoms with Crippen molar-refractivity contribution in [3.63, 3.8) is 0 Å². The van der Waals surface area contributed by atoms with Crippen LogP contribution in [0.1, 0.15) is 32.3 Å². The van der Waals surface area contributed by atoms with Gasteiger partial charge in [-0.3, -0.25) is 4.79 Å². The highest BCUT2D eigenvalue weighted by Gasteiger charge is 2.41. The van der Waals surface area contributed by atoms with E-state index in [2.05, 4.69) is 38.2 Å². The second kappa shape index (κ2) is 8.32. The lowest BCUT2D eigenvalue weighted by molar-refractivity contribution is -0.130. The zero-order valence-electron chi connectivity index (χ0n) is 15.1. The highest BCUT2D eigenvalue weighted by molar-refractivity contribution is 6.30. The molecule has 1 heterocycles. The summed E-state index contributed by atoms with van der Waals surface area (Å²) in [6.45, 7) is 6.23. The van der Waals surface area contributed by atoms with E-state index in [1.54, 1.807) is 0 Å². The van der Waals surface area contributed by atoms with E-state index in [4.69, 9.17) is 16.3 Å². The van der Waals surface area contributed by atoms with Crippen molar-refractivity contribution in [2.24, 2.45) is 5.92 Å². The van der Waals surface area contributed by atoms with Crippen molar-refractivity contribution < 1.29 is 9.53 Å². The number of ether oxygens (including phenoxy) is 1. The number of nitrogens with zero attached hydrogens (tertiary/aromatic N) is 1. The number of hydrogen-bond donors (Lipinski definition) is 1. The van der Waals surface area contributed by atoms with Gasteiger partial charge in [-0.1, -0.05) is 37.6 Å². The topological polar surface area (TPSA) is 41.6 Å². The average molecular weight is 353 g/mol. The maximum Gasteiger partial charge on any atom is 0.230 e. The van der Waals surface area contributed by atoms with Gasteiger partial charge in [0.1, 0.15) is 0 Å². The summed E-state index contributed by atoms with van der Waals surface area (Å²) < 4.78 is 5.51. The standard InChI is InChI=1S/C19H29ClN2O2/c1-14(2)17(22(3)4)13-21-18(23)19(9-11-24-12-10-19)15-5-7-16(20)8-6-15/h5-8,14,17H,9-13H2,1-4H3,(H,21,23). The fourth-order valence-electron chi connectivity index (χ4n) is 3.52. The zero-order valence-corrected chi connectivity index (χ0v) is 15.9. The molecule has 1 aromatic rings. The third-order valence-corrected chi connectivity index (χ3v) is 5.33. The Morgan fingerprint density at radius 1 is 1.25 bits per heavy atom. The van der Waals surface area contributed by atoms with E-state index in [9.17, 15) is 4.79 Å². The molecular weight excluding hydrogens is 324 g/mol. The maximum atomic E-state index is 13.1. The number of nitrogens with one attached hydrogen (secondary N) is 1. The molecule has 4 nitrogen and oxygen atoms in total. The molecule has 1 aliphatic rings. The molecule has 1 amide bonds. The fraction of sp³-hybridized carbons (Fsp3) is 0.632. The predicted molar refractivity (Wildman–Crippen MR) is 98.5 cm³/mol. The molecule has 1 aromatic carbocycles. The van der Waals surface area contributed by atoms with Crippen LogP contribution >= 0.6 is 11.6 Å². The first-order valence-electron chi connectivity index (χ1n) is 8.65. The molecule has 0 spiro atoms. The summed E-state index contributed by atoms with van der Waals surface area (Å²) in [4.78, 5) is 15.3. The molecule has 1 unspecified atom stereocenters. The lowest BCUT2D eigenvalue weighted by Gasteiger charge is -2.37. The van der Waals surface area contributed by atoms with Gasteiger partial charge in [-0.25, -0.2) is 0 Å². The second-order valence-corrected chi connectivity index (χ2v) is 7.62. The summed E-state index contributed by atoms with van der Waals surface area (Å²) in [7, 11) is 4.11. The molecule has 0 bridgehead atoms. The third kappa shape index (κ3) is 4.29. The quantitative estimate of drug-likeness (QED) is 0.855. The van der Waals surface area contributed by atoms with Gasteiger partial charge in [0.15, 0.2) is 0 Å².